The molecule has 0 bridgehead atoms. The van der Waals surface area contributed by atoms with Crippen LogP contribution in [0.2, 0.25) is 5.02 Å². The summed E-state index contributed by atoms with van der Waals surface area (Å²) in [6, 6.07) is 8.01. The van der Waals surface area contributed by atoms with Gasteiger partial charge in [-0.25, -0.2) is 0 Å². The summed E-state index contributed by atoms with van der Waals surface area (Å²) in [7, 11) is 0. The smallest absolute Gasteiger partial charge is 0.276 e. The van der Waals surface area contributed by atoms with E-state index >= 15 is 0 Å². The van der Waals surface area contributed by atoms with E-state index in [4.69, 9.17) is 20.8 Å². The molecular formula is C15H13ClN2O2S2. The number of halogens is 1. The fraction of sp³-hybridized carbons (Fsp3) is 0.333. The molecule has 0 spiro atoms. The van der Waals surface area contributed by atoms with Gasteiger partial charge in [0.05, 0.1) is 11.1 Å². The van der Waals surface area contributed by atoms with Crippen molar-refractivity contribution in [3.8, 4) is 10.8 Å². The Morgan fingerprint density at radius 1 is 1.32 bits per heavy atom. The van der Waals surface area contributed by atoms with Crippen LogP contribution in [0.4, 0.5) is 0 Å². The van der Waals surface area contributed by atoms with Crippen LogP contribution < -0.4 is 0 Å². The Kier molecular flexibility index (Phi) is 4.09. The molecule has 1 atom stereocenters. The highest BCUT2D eigenvalue weighted by atomic mass is 35.5. The zero-order valence-corrected chi connectivity index (χ0v) is 14.0. The van der Waals surface area contributed by atoms with Gasteiger partial charge in [0.25, 0.3) is 11.1 Å². The predicted molar refractivity (Wildman–Crippen MR) is 89.8 cm³/mol. The monoisotopic (exact) mass is 352 g/mol. The first kappa shape index (κ1) is 14.5. The van der Waals surface area contributed by atoms with E-state index in [0.717, 1.165) is 40.2 Å². The maximum absolute atomic E-state index is 6.44. The van der Waals surface area contributed by atoms with E-state index in [0.29, 0.717) is 22.2 Å². The first-order valence-corrected chi connectivity index (χ1v) is 9.24. The number of benzene rings is 1. The molecule has 1 fully saturated rings. The minimum Gasteiger partial charge on any atom is -0.410 e. The molecule has 2 aromatic heterocycles. The summed E-state index contributed by atoms with van der Waals surface area (Å²) in [5, 5.41) is 10.5. The van der Waals surface area contributed by atoms with Gasteiger partial charge < -0.3 is 9.15 Å². The highest BCUT2D eigenvalue weighted by Gasteiger charge is 2.20. The van der Waals surface area contributed by atoms with Crippen molar-refractivity contribution in [2.45, 2.75) is 24.2 Å². The normalized spacial score (nSPS) is 18.3. The molecule has 114 valence electrons. The number of aromatic nitrogens is 2. The second kappa shape index (κ2) is 6.20. The van der Waals surface area contributed by atoms with Crippen molar-refractivity contribution in [2.24, 2.45) is 0 Å². The van der Waals surface area contributed by atoms with Crippen molar-refractivity contribution >= 4 is 44.8 Å². The number of ether oxygens (including phenoxy) is 1. The lowest BCUT2D eigenvalue weighted by Crippen LogP contribution is -2.07. The summed E-state index contributed by atoms with van der Waals surface area (Å²) in [5.74, 6) is 1.34. The Hall–Kier alpha value is -1.08. The maximum Gasteiger partial charge on any atom is 0.276 e. The molecular weight excluding hydrogens is 340 g/mol. The zero-order chi connectivity index (χ0) is 14.9. The standard InChI is InChI=1S/C15H13ClN2O2S2/c16-12-10-5-1-2-6-11(10)22-13(12)14-17-18-15(20-14)21-8-9-4-3-7-19-9/h1-2,5-6,9H,3-4,7-8H2. The van der Waals surface area contributed by atoms with Crippen molar-refractivity contribution in [2.75, 3.05) is 12.4 Å². The Morgan fingerprint density at radius 2 is 2.23 bits per heavy atom. The maximum atomic E-state index is 6.44. The van der Waals surface area contributed by atoms with Gasteiger partial charge in [0.15, 0.2) is 0 Å². The van der Waals surface area contributed by atoms with Gasteiger partial charge in [0.1, 0.15) is 4.88 Å². The van der Waals surface area contributed by atoms with Crippen LogP contribution in [0, 0.1) is 0 Å². The fourth-order valence-electron chi connectivity index (χ4n) is 2.45. The van der Waals surface area contributed by atoms with E-state index in [9.17, 15) is 0 Å². The third kappa shape index (κ3) is 2.76. The molecule has 7 heteroatoms. The van der Waals surface area contributed by atoms with Gasteiger partial charge in [-0.2, -0.15) is 0 Å². The molecule has 4 nitrogen and oxygen atoms in total. The minimum atomic E-state index is 0.299. The van der Waals surface area contributed by atoms with E-state index in [2.05, 4.69) is 10.2 Å². The number of thiophene rings is 1. The van der Waals surface area contributed by atoms with Crippen LogP contribution >= 0.6 is 34.7 Å². The predicted octanol–water partition coefficient (Wildman–Crippen LogP) is 4.88. The topological polar surface area (TPSA) is 48.2 Å². The summed E-state index contributed by atoms with van der Waals surface area (Å²) in [6.07, 6.45) is 2.54. The number of hydrogen-bond acceptors (Lipinski definition) is 6. The Labute approximate surface area is 140 Å². The molecule has 1 aliphatic heterocycles. The summed E-state index contributed by atoms with van der Waals surface area (Å²) in [4.78, 5) is 0.833. The van der Waals surface area contributed by atoms with E-state index in [1.165, 1.54) is 0 Å². The number of hydrogen-bond donors (Lipinski definition) is 0. The number of thioether (sulfide) groups is 1. The Bertz CT molecular complexity index is 796. The average molecular weight is 353 g/mol. The molecule has 3 aromatic rings. The van der Waals surface area contributed by atoms with Crippen LogP contribution in [-0.2, 0) is 4.74 Å². The summed E-state index contributed by atoms with van der Waals surface area (Å²) in [5.41, 5.74) is 0. The van der Waals surface area contributed by atoms with Crippen molar-refractivity contribution in [1.29, 1.82) is 0 Å². The van der Waals surface area contributed by atoms with E-state index < -0.39 is 0 Å². The molecule has 1 unspecified atom stereocenters. The average Bonchev–Trinajstić information content (AvgIpc) is 3.25. The third-order valence-electron chi connectivity index (χ3n) is 3.55. The van der Waals surface area contributed by atoms with Crippen LogP contribution in [0.15, 0.2) is 33.9 Å². The molecule has 0 amide bonds. The molecule has 0 aliphatic carbocycles. The lowest BCUT2D eigenvalue weighted by molar-refractivity contribution is 0.128. The van der Waals surface area contributed by atoms with Crippen LogP contribution in [0.25, 0.3) is 20.9 Å². The summed E-state index contributed by atoms with van der Waals surface area (Å²) in [6.45, 7) is 0.859. The molecule has 3 heterocycles. The number of nitrogens with zero attached hydrogens (tertiary/aromatic N) is 2. The molecule has 1 aromatic carbocycles. The third-order valence-corrected chi connectivity index (χ3v) is 6.17. The van der Waals surface area contributed by atoms with Crippen molar-refractivity contribution in [3.05, 3.63) is 29.3 Å². The van der Waals surface area contributed by atoms with Crippen molar-refractivity contribution < 1.29 is 9.15 Å². The highest BCUT2D eigenvalue weighted by molar-refractivity contribution is 7.99. The Morgan fingerprint density at radius 3 is 3.05 bits per heavy atom. The number of rotatable bonds is 4. The van der Waals surface area contributed by atoms with Crippen molar-refractivity contribution in [3.63, 3.8) is 0 Å². The van der Waals surface area contributed by atoms with Crippen LogP contribution in [-0.4, -0.2) is 28.7 Å². The van der Waals surface area contributed by atoms with Gasteiger partial charge in [0, 0.05) is 22.4 Å². The summed E-state index contributed by atoms with van der Waals surface area (Å²) < 4.78 is 12.5. The molecule has 0 radical (unpaired) electrons. The second-order valence-electron chi connectivity index (χ2n) is 5.06. The van der Waals surface area contributed by atoms with Gasteiger partial charge in [0.2, 0.25) is 0 Å². The van der Waals surface area contributed by atoms with Crippen LogP contribution in [0.1, 0.15) is 12.8 Å². The van der Waals surface area contributed by atoms with Crippen LogP contribution in [0.3, 0.4) is 0 Å². The lowest BCUT2D eigenvalue weighted by Gasteiger charge is -2.05. The molecule has 4 rings (SSSR count). The summed E-state index contributed by atoms with van der Waals surface area (Å²) >= 11 is 9.55. The quantitative estimate of drug-likeness (QED) is 0.626. The second-order valence-corrected chi connectivity index (χ2v) is 7.46. The first-order chi connectivity index (χ1) is 10.8. The van der Waals surface area contributed by atoms with E-state index in [-0.39, 0.29) is 0 Å². The lowest BCUT2D eigenvalue weighted by atomic mass is 10.2. The Balaban J connectivity index is 1.55. The van der Waals surface area contributed by atoms with Gasteiger partial charge in [-0.3, -0.25) is 0 Å². The van der Waals surface area contributed by atoms with Gasteiger partial charge in [-0.05, 0) is 18.9 Å². The number of fused-ring (bicyclic) bond motifs is 1. The zero-order valence-electron chi connectivity index (χ0n) is 11.6. The molecule has 1 aliphatic rings. The van der Waals surface area contributed by atoms with E-state index in [1.54, 1.807) is 23.1 Å². The highest BCUT2D eigenvalue weighted by Crippen LogP contribution is 2.41. The largest absolute Gasteiger partial charge is 0.410 e. The van der Waals surface area contributed by atoms with Gasteiger partial charge in [-0.1, -0.05) is 41.6 Å². The SMILES string of the molecule is Clc1c(-c2nnc(SCC3CCCO3)o2)sc2ccccc12. The van der Waals surface area contributed by atoms with Crippen molar-refractivity contribution in [1.82, 2.24) is 10.2 Å². The van der Waals surface area contributed by atoms with Gasteiger partial charge in [-0.15, -0.1) is 21.5 Å². The molecule has 22 heavy (non-hydrogen) atoms. The molecule has 1 saturated heterocycles. The fourth-order valence-corrected chi connectivity index (χ4v) is 4.71. The molecule has 0 saturated carbocycles. The minimum absolute atomic E-state index is 0.299. The van der Waals surface area contributed by atoms with E-state index in [1.807, 2.05) is 24.3 Å². The first-order valence-electron chi connectivity index (χ1n) is 7.06. The van der Waals surface area contributed by atoms with Crippen LogP contribution in [0.5, 0.6) is 0 Å². The van der Waals surface area contributed by atoms with Gasteiger partial charge >= 0.3 is 0 Å². The molecule has 0 N–H and O–H groups in total.